The van der Waals surface area contributed by atoms with Crippen LogP contribution in [0, 0.1) is 0 Å². The molecule has 1 amide bonds. The van der Waals surface area contributed by atoms with Crippen molar-refractivity contribution < 1.29 is 40.2 Å². The van der Waals surface area contributed by atoms with E-state index in [-0.39, 0.29) is 0 Å². The van der Waals surface area contributed by atoms with E-state index in [1.807, 2.05) is 0 Å². The minimum absolute atomic E-state index is 0.532. The third-order valence-corrected chi connectivity index (χ3v) is 0.712. The van der Waals surface area contributed by atoms with Gasteiger partial charge in [0.25, 0.3) is 0 Å². The Kier molecular flexibility index (Phi) is 15.1. The molecule has 0 saturated carbocycles. The van der Waals surface area contributed by atoms with Gasteiger partial charge in [0, 0.05) is 0 Å². The van der Waals surface area contributed by atoms with E-state index in [2.05, 4.69) is 5.73 Å². The second-order valence-electron chi connectivity index (χ2n) is 1.88. The largest absolute Gasteiger partial charge is 0.481 e. The van der Waals surface area contributed by atoms with Gasteiger partial charge in [-0.05, 0) is 0 Å². The molecule has 0 aliphatic carbocycles. The summed E-state index contributed by atoms with van der Waals surface area (Å²) in [6.45, 7) is 0. The van der Waals surface area contributed by atoms with Gasteiger partial charge in [0.15, 0.2) is 0 Å². The molecule has 0 radical (unpaired) electrons. The minimum Gasteiger partial charge on any atom is -0.481 e. The molecule has 0 aromatic heterocycles. The van der Waals surface area contributed by atoms with Crippen LogP contribution in [0.1, 0.15) is 6.42 Å². The van der Waals surface area contributed by atoms with Gasteiger partial charge in [-0.3, -0.25) is 20.1 Å². The van der Waals surface area contributed by atoms with Crippen LogP contribution in [-0.4, -0.2) is 49.9 Å². The molecule has 1 unspecified atom stereocenters. The normalized spacial score (nSPS) is 9.53. The second kappa shape index (κ2) is 12.1. The molecule has 9 N–H and O–H groups in total. The van der Waals surface area contributed by atoms with Gasteiger partial charge in [-0.2, -0.15) is 0 Å². The zero-order valence-electron chi connectivity index (χ0n) is 7.40. The van der Waals surface area contributed by atoms with E-state index in [4.69, 9.17) is 36.4 Å². The van der Waals surface area contributed by atoms with Crippen LogP contribution in [0.3, 0.4) is 0 Å². The van der Waals surface area contributed by atoms with Gasteiger partial charge in [0.1, 0.15) is 6.04 Å². The van der Waals surface area contributed by atoms with Crippen molar-refractivity contribution >= 4 is 18.0 Å². The predicted octanol–water partition coefficient (Wildman–Crippen LogP) is -1.49. The van der Waals surface area contributed by atoms with Crippen molar-refractivity contribution in [3.8, 4) is 0 Å². The molecule has 0 fully saturated rings. The van der Waals surface area contributed by atoms with E-state index >= 15 is 0 Å². The number of amides is 1. The molecule has 0 aliphatic heterocycles. The third kappa shape index (κ3) is 33.2. The Bertz CT molecular complexity index is 201. The smallest absolute Gasteiger partial charge is 0.402 e. The Labute approximate surface area is 83.3 Å². The molecule has 0 saturated heterocycles. The number of aliphatic carboxylic acids is 2. The Morgan fingerprint density at radius 3 is 1.40 bits per heavy atom. The van der Waals surface area contributed by atoms with Gasteiger partial charge in [-0.25, -0.2) is 4.79 Å². The van der Waals surface area contributed by atoms with E-state index < -0.39 is 30.5 Å². The number of carbonyl (C=O) groups is 3. The summed E-state index contributed by atoms with van der Waals surface area (Å²) in [7, 11) is 0. The fraction of sp³-hybridized carbons (Fsp3) is 0.400. The number of hydrogen-bond donors (Lipinski definition) is 7. The van der Waals surface area contributed by atoms with E-state index in [0.29, 0.717) is 0 Å². The van der Waals surface area contributed by atoms with E-state index in [0.717, 1.165) is 0 Å². The average Bonchev–Trinajstić information content (AvgIpc) is 2.05. The fourth-order valence-electron chi connectivity index (χ4n) is 0.275. The van der Waals surface area contributed by atoms with Crippen molar-refractivity contribution in [2.24, 2.45) is 11.5 Å². The van der Waals surface area contributed by atoms with Gasteiger partial charge < -0.3 is 26.8 Å². The molecule has 0 aromatic rings. The first-order chi connectivity index (χ1) is 6.77. The van der Waals surface area contributed by atoms with Crippen LogP contribution in [0.25, 0.3) is 0 Å². The van der Waals surface area contributed by atoms with Crippen LogP contribution in [0.4, 0.5) is 4.79 Å². The first-order valence-corrected chi connectivity index (χ1v) is 3.16. The highest BCUT2D eigenvalue weighted by molar-refractivity contribution is 5.80. The lowest BCUT2D eigenvalue weighted by Crippen LogP contribution is -2.32. The maximum Gasteiger partial charge on any atom is 0.402 e. The van der Waals surface area contributed by atoms with Crippen LogP contribution in [0.2, 0.25) is 0 Å². The van der Waals surface area contributed by atoms with Crippen molar-refractivity contribution in [3.63, 3.8) is 0 Å². The summed E-state index contributed by atoms with van der Waals surface area (Å²) in [6.07, 6.45) is -1.87. The SMILES string of the molecule is NC(=O)O.NC(CC(=O)O)C(=O)O.OO. The van der Waals surface area contributed by atoms with Crippen molar-refractivity contribution in [1.82, 2.24) is 0 Å². The Balaban J connectivity index is -0.000000202. The number of primary amides is 1. The first-order valence-electron chi connectivity index (χ1n) is 3.16. The molecule has 0 heterocycles. The molecule has 0 spiro atoms. The standard InChI is InChI=1S/C4H7NO4.CH3NO2.H2O2/c5-2(4(8)9)1-3(6)7;2-1(3)4;1-2/h2H,1,5H2,(H,6,7)(H,8,9);2H2,(H,3,4);1-2H. The Morgan fingerprint density at radius 2 is 1.33 bits per heavy atom. The minimum atomic E-state index is -1.33. The fourth-order valence-corrected chi connectivity index (χ4v) is 0.275. The number of carboxylic acids is 2. The van der Waals surface area contributed by atoms with Gasteiger partial charge in [-0.1, -0.05) is 0 Å². The Morgan fingerprint density at radius 1 is 1.07 bits per heavy atom. The van der Waals surface area contributed by atoms with Crippen LogP contribution in [0.15, 0.2) is 0 Å². The molecule has 0 aromatic carbocycles. The lowest BCUT2D eigenvalue weighted by atomic mass is 10.2. The zero-order chi connectivity index (χ0) is 13.0. The number of hydrogen-bond acceptors (Lipinski definition) is 6. The number of nitrogens with two attached hydrogens (primary N) is 2. The summed E-state index contributed by atoms with van der Waals surface area (Å²) >= 11 is 0. The van der Waals surface area contributed by atoms with E-state index in [9.17, 15) is 9.59 Å². The van der Waals surface area contributed by atoms with Gasteiger partial charge in [0.05, 0.1) is 6.42 Å². The molecule has 0 bridgehead atoms. The highest BCUT2D eigenvalue weighted by Crippen LogP contribution is 1.86. The topological polar surface area (TPSA) is 204 Å². The van der Waals surface area contributed by atoms with Crippen molar-refractivity contribution in [3.05, 3.63) is 0 Å². The molecule has 15 heavy (non-hydrogen) atoms. The summed E-state index contributed by atoms with van der Waals surface area (Å²) < 4.78 is 0. The number of carboxylic acid groups (broad SMARTS) is 3. The van der Waals surface area contributed by atoms with Crippen LogP contribution in [-0.2, 0) is 9.59 Å². The summed E-state index contributed by atoms with van der Waals surface area (Å²) in [6, 6.07) is -1.29. The number of rotatable bonds is 3. The van der Waals surface area contributed by atoms with Gasteiger partial charge in [-0.15, -0.1) is 0 Å². The van der Waals surface area contributed by atoms with E-state index in [1.165, 1.54) is 0 Å². The molecular formula is C5H12N2O8. The maximum absolute atomic E-state index is 9.85. The van der Waals surface area contributed by atoms with Crippen molar-refractivity contribution in [2.75, 3.05) is 0 Å². The maximum atomic E-state index is 9.85. The lowest BCUT2D eigenvalue weighted by molar-refractivity contribution is -0.176. The monoisotopic (exact) mass is 228 g/mol. The third-order valence-electron chi connectivity index (χ3n) is 0.712. The molecule has 90 valence electrons. The van der Waals surface area contributed by atoms with Crippen molar-refractivity contribution in [2.45, 2.75) is 12.5 Å². The quantitative estimate of drug-likeness (QED) is 0.221. The van der Waals surface area contributed by atoms with Crippen LogP contribution < -0.4 is 11.5 Å². The van der Waals surface area contributed by atoms with Gasteiger partial charge in [0.2, 0.25) is 0 Å². The second-order valence-corrected chi connectivity index (χ2v) is 1.88. The molecule has 0 rings (SSSR count). The summed E-state index contributed by atoms with van der Waals surface area (Å²) in [5, 5.41) is 35.2. The Hall–Kier alpha value is -1.91. The highest BCUT2D eigenvalue weighted by atomic mass is 17.0. The summed E-state index contributed by atoms with van der Waals surface area (Å²) in [4.78, 5) is 28.4. The lowest BCUT2D eigenvalue weighted by Gasteiger charge is -1.99. The van der Waals surface area contributed by atoms with Crippen LogP contribution >= 0.6 is 0 Å². The molecule has 0 aliphatic rings. The van der Waals surface area contributed by atoms with Gasteiger partial charge >= 0.3 is 18.0 Å². The molecular weight excluding hydrogens is 216 g/mol. The van der Waals surface area contributed by atoms with Crippen LogP contribution in [0.5, 0.6) is 0 Å². The summed E-state index contributed by atoms with van der Waals surface area (Å²) in [5.41, 5.74) is 8.86. The molecule has 1 atom stereocenters. The zero-order valence-corrected chi connectivity index (χ0v) is 7.40. The van der Waals surface area contributed by atoms with Crippen molar-refractivity contribution in [1.29, 1.82) is 0 Å². The molecule has 10 heteroatoms. The highest BCUT2D eigenvalue weighted by Gasteiger charge is 2.14. The van der Waals surface area contributed by atoms with E-state index in [1.54, 1.807) is 0 Å². The first kappa shape index (κ1) is 18.8. The average molecular weight is 228 g/mol. The molecule has 10 nitrogen and oxygen atoms in total. The summed E-state index contributed by atoms with van der Waals surface area (Å²) in [5.74, 6) is -2.50. The predicted molar refractivity (Wildman–Crippen MR) is 45.3 cm³/mol.